The summed E-state index contributed by atoms with van der Waals surface area (Å²) in [6.07, 6.45) is 0. The lowest BCUT2D eigenvalue weighted by atomic mass is 10.2. The zero-order chi connectivity index (χ0) is 9.42. The molecule has 0 unspecified atom stereocenters. The van der Waals surface area contributed by atoms with Crippen molar-refractivity contribution in [1.29, 1.82) is 0 Å². The van der Waals surface area contributed by atoms with Crippen LogP contribution in [0.3, 0.4) is 0 Å². The van der Waals surface area contributed by atoms with Crippen LogP contribution in [0.15, 0.2) is 35.1 Å². The Labute approximate surface area is 72.6 Å². The topological polar surface area (TPSA) is 45.1 Å². The zero-order valence-electron chi connectivity index (χ0n) is 6.53. The number of benzene rings is 1. The van der Waals surface area contributed by atoms with Crippen molar-refractivity contribution >= 4 is 10.9 Å². The van der Waals surface area contributed by atoms with Gasteiger partial charge in [-0.15, -0.1) is 0 Å². The van der Waals surface area contributed by atoms with Crippen molar-refractivity contribution in [3.8, 4) is 0 Å². The molecule has 0 aliphatic carbocycles. The Morgan fingerprint density at radius 3 is 2.77 bits per heavy atom. The van der Waals surface area contributed by atoms with Gasteiger partial charge in [-0.1, -0.05) is 18.2 Å². The van der Waals surface area contributed by atoms with Crippen molar-refractivity contribution in [2.45, 2.75) is 0 Å². The molecule has 13 heavy (non-hydrogen) atoms. The maximum atomic E-state index is 12.8. The van der Waals surface area contributed by atoms with Crippen LogP contribution in [0.5, 0.6) is 0 Å². The monoisotopic (exact) mass is 178 g/mol. The number of pyridine rings is 1. The Bertz CT molecular complexity index is 518. The standard InChI is InChI=1S/C9H5FNO2/c10-7-5-6-3-1-2-4-8(6)11(13)9(7)12/h1-5H/q-1. The van der Waals surface area contributed by atoms with E-state index in [9.17, 15) is 14.4 Å². The van der Waals surface area contributed by atoms with Crippen LogP contribution in [-0.2, 0) is 0 Å². The third-order valence-corrected chi connectivity index (χ3v) is 1.83. The summed E-state index contributed by atoms with van der Waals surface area (Å²) in [7, 11) is 0. The summed E-state index contributed by atoms with van der Waals surface area (Å²) in [5.41, 5.74) is -0.951. The van der Waals surface area contributed by atoms with Crippen LogP contribution in [-0.4, -0.2) is 4.73 Å². The number of hydrogen-bond donors (Lipinski definition) is 0. The van der Waals surface area contributed by atoms with Gasteiger partial charge in [-0.05, 0) is 12.1 Å². The summed E-state index contributed by atoms with van der Waals surface area (Å²) in [6.45, 7) is 0. The number of halogens is 1. The van der Waals surface area contributed by atoms with Gasteiger partial charge in [0.1, 0.15) is 0 Å². The Kier molecular flexibility index (Phi) is 1.55. The highest BCUT2D eigenvalue weighted by Gasteiger charge is 2.01. The molecule has 2 aromatic rings. The molecule has 0 amide bonds. The van der Waals surface area contributed by atoms with Crippen molar-refractivity contribution in [3.63, 3.8) is 0 Å². The molecule has 1 aromatic carbocycles. The number of para-hydroxylation sites is 1. The van der Waals surface area contributed by atoms with Gasteiger partial charge in [0.05, 0.1) is 0 Å². The third-order valence-electron chi connectivity index (χ3n) is 1.83. The molecule has 0 fully saturated rings. The predicted molar refractivity (Wildman–Crippen MR) is 46.9 cm³/mol. The first-order valence-corrected chi connectivity index (χ1v) is 3.68. The summed E-state index contributed by atoms with van der Waals surface area (Å²) in [6, 6.07) is 7.40. The van der Waals surface area contributed by atoms with Gasteiger partial charge in [-0.3, -0.25) is 4.79 Å². The first kappa shape index (κ1) is 7.79. The van der Waals surface area contributed by atoms with Crippen LogP contribution in [0.2, 0.25) is 0 Å². The Hall–Kier alpha value is -1.84. The third kappa shape index (κ3) is 1.07. The van der Waals surface area contributed by atoms with E-state index in [0.717, 1.165) is 6.07 Å². The fourth-order valence-electron chi connectivity index (χ4n) is 1.20. The molecule has 0 radical (unpaired) electrons. The molecule has 0 aliphatic rings. The molecular weight excluding hydrogens is 173 g/mol. The smallest absolute Gasteiger partial charge is 0.282 e. The highest BCUT2D eigenvalue weighted by Crippen LogP contribution is 2.11. The summed E-state index contributed by atoms with van der Waals surface area (Å²) in [5, 5.41) is 11.5. The van der Waals surface area contributed by atoms with Crippen molar-refractivity contribution in [1.82, 2.24) is 4.73 Å². The molecule has 4 heteroatoms. The minimum absolute atomic E-state index is 0.0602. The van der Waals surface area contributed by atoms with Crippen LogP contribution in [0.25, 0.3) is 10.9 Å². The minimum atomic E-state index is -1.14. The zero-order valence-corrected chi connectivity index (χ0v) is 6.53. The van der Waals surface area contributed by atoms with Crippen LogP contribution >= 0.6 is 0 Å². The van der Waals surface area contributed by atoms with Gasteiger partial charge in [-0.2, -0.15) is 0 Å². The molecule has 66 valence electrons. The van der Waals surface area contributed by atoms with Gasteiger partial charge < -0.3 is 9.94 Å². The Balaban J connectivity index is 3.02. The summed E-state index contributed by atoms with van der Waals surface area (Å²) in [5.74, 6) is -1.02. The minimum Gasteiger partial charge on any atom is -0.803 e. The molecule has 0 spiro atoms. The molecule has 0 saturated carbocycles. The summed E-state index contributed by atoms with van der Waals surface area (Å²) in [4.78, 5) is 10.9. The van der Waals surface area contributed by atoms with E-state index in [4.69, 9.17) is 0 Å². The van der Waals surface area contributed by atoms with E-state index < -0.39 is 11.4 Å². The van der Waals surface area contributed by atoms with Crippen molar-refractivity contribution in [2.75, 3.05) is 0 Å². The molecule has 1 aromatic heterocycles. The highest BCUT2D eigenvalue weighted by atomic mass is 19.1. The molecular formula is C9H5FNO2-. The SMILES string of the molecule is O=c1c(F)cc2ccccc2n1[O-]. The van der Waals surface area contributed by atoms with Crippen LogP contribution in [0.4, 0.5) is 4.39 Å². The number of aromatic nitrogens is 1. The maximum Gasteiger partial charge on any atom is 0.282 e. The van der Waals surface area contributed by atoms with Gasteiger partial charge >= 0.3 is 0 Å². The molecule has 0 aliphatic heterocycles. The summed E-state index contributed by atoms with van der Waals surface area (Å²) >= 11 is 0. The first-order valence-electron chi connectivity index (χ1n) is 3.68. The lowest BCUT2D eigenvalue weighted by Gasteiger charge is -2.12. The van der Waals surface area contributed by atoms with Gasteiger partial charge in [0.25, 0.3) is 5.56 Å². The van der Waals surface area contributed by atoms with E-state index in [-0.39, 0.29) is 10.2 Å². The first-order chi connectivity index (χ1) is 6.20. The molecule has 1 heterocycles. The Morgan fingerprint density at radius 2 is 2.00 bits per heavy atom. The predicted octanol–water partition coefficient (Wildman–Crippen LogP) is 1.49. The van der Waals surface area contributed by atoms with Gasteiger partial charge in [0.2, 0.25) is 0 Å². The van der Waals surface area contributed by atoms with Crippen LogP contribution in [0.1, 0.15) is 0 Å². The molecule has 0 saturated heterocycles. The number of rotatable bonds is 0. The number of nitrogens with zero attached hydrogens (tertiary/aromatic N) is 1. The second-order valence-corrected chi connectivity index (χ2v) is 2.65. The second kappa shape index (κ2) is 2.58. The van der Waals surface area contributed by atoms with E-state index >= 15 is 0 Å². The van der Waals surface area contributed by atoms with E-state index in [2.05, 4.69) is 0 Å². The maximum absolute atomic E-state index is 12.8. The molecule has 2 rings (SSSR count). The fourth-order valence-corrected chi connectivity index (χ4v) is 1.20. The molecule has 0 bridgehead atoms. The van der Waals surface area contributed by atoms with Crippen LogP contribution < -0.4 is 5.56 Å². The average molecular weight is 178 g/mol. The fraction of sp³-hybridized carbons (Fsp3) is 0. The summed E-state index contributed by atoms with van der Waals surface area (Å²) < 4.78 is 12.8. The van der Waals surface area contributed by atoms with Gasteiger partial charge in [-0.25, -0.2) is 4.39 Å². The quantitative estimate of drug-likeness (QED) is 0.613. The normalized spacial score (nSPS) is 10.5. The lowest BCUT2D eigenvalue weighted by Crippen LogP contribution is -2.18. The van der Waals surface area contributed by atoms with E-state index in [0.29, 0.717) is 5.39 Å². The van der Waals surface area contributed by atoms with E-state index in [1.54, 1.807) is 18.2 Å². The van der Waals surface area contributed by atoms with Gasteiger partial charge in [0, 0.05) is 10.9 Å². The largest absolute Gasteiger partial charge is 0.803 e. The number of hydrogen-bond acceptors (Lipinski definition) is 2. The average Bonchev–Trinajstić information content (AvgIpc) is 2.15. The van der Waals surface area contributed by atoms with Crippen molar-refractivity contribution in [3.05, 3.63) is 51.7 Å². The second-order valence-electron chi connectivity index (χ2n) is 2.65. The van der Waals surface area contributed by atoms with E-state index in [1.165, 1.54) is 6.07 Å². The van der Waals surface area contributed by atoms with Crippen molar-refractivity contribution < 1.29 is 4.39 Å². The molecule has 0 atom stereocenters. The lowest BCUT2D eigenvalue weighted by molar-refractivity contribution is 0.604. The highest BCUT2D eigenvalue weighted by molar-refractivity contribution is 5.79. The molecule has 3 nitrogen and oxygen atoms in total. The van der Waals surface area contributed by atoms with Gasteiger partial charge in [0.15, 0.2) is 5.82 Å². The van der Waals surface area contributed by atoms with Crippen LogP contribution in [0, 0.1) is 11.0 Å². The molecule has 0 N–H and O–H groups in total. The number of fused-ring (bicyclic) bond motifs is 1. The van der Waals surface area contributed by atoms with E-state index in [1.807, 2.05) is 0 Å². The Morgan fingerprint density at radius 1 is 1.31 bits per heavy atom. The van der Waals surface area contributed by atoms with Crippen molar-refractivity contribution in [2.24, 2.45) is 0 Å².